The van der Waals surface area contributed by atoms with Gasteiger partial charge in [0.1, 0.15) is 5.82 Å². The average Bonchev–Trinajstić information content (AvgIpc) is 3.24. The quantitative estimate of drug-likeness (QED) is 0.939. The van der Waals surface area contributed by atoms with E-state index in [4.69, 9.17) is 9.15 Å². The number of nitrogens with zero attached hydrogens (tertiary/aromatic N) is 1. The SMILES string of the molecule is Fc1cccc(N[C@H]2CO[C@]3(CCN(Cc4ccoc4)C3)C2)c1. The number of halogens is 1. The van der Waals surface area contributed by atoms with Crippen molar-refractivity contribution in [3.8, 4) is 0 Å². The summed E-state index contributed by atoms with van der Waals surface area (Å²) in [4.78, 5) is 2.41. The van der Waals surface area contributed by atoms with Crippen molar-refractivity contribution in [3.05, 3.63) is 54.2 Å². The van der Waals surface area contributed by atoms with Crippen molar-refractivity contribution in [1.29, 1.82) is 0 Å². The molecule has 4 nitrogen and oxygen atoms in total. The van der Waals surface area contributed by atoms with E-state index < -0.39 is 0 Å². The fraction of sp³-hybridized carbons (Fsp3) is 0.444. The molecule has 4 rings (SSSR count). The Bertz CT molecular complexity index is 661. The fourth-order valence-electron chi connectivity index (χ4n) is 3.74. The van der Waals surface area contributed by atoms with Gasteiger partial charge in [-0.05, 0) is 30.7 Å². The molecular weight excluding hydrogens is 295 g/mol. The normalized spacial score (nSPS) is 27.8. The van der Waals surface area contributed by atoms with Crippen LogP contribution in [0.4, 0.5) is 10.1 Å². The van der Waals surface area contributed by atoms with E-state index in [2.05, 4.69) is 10.2 Å². The number of furan rings is 1. The number of hydrogen-bond donors (Lipinski definition) is 1. The molecule has 1 spiro atoms. The molecule has 0 bridgehead atoms. The minimum Gasteiger partial charge on any atom is -0.472 e. The van der Waals surface area contributed by atoms with Crippen molar-refractivity contribution in [1.82, 2.24) is 4.90 Å². The molecule has 2 aromatic rings. The van der Waals surface area contributed by atoms with Crippen molar-refractivity contribution < 1.29 is 13.5 Å². The van der Waals surface area contributed by atoms with Gasteiger partial charge in [0.2, 0.25) is 0 Å². The predicted octanol–water partition coefficient (Wildman–Crippen LogP) is 3.26. The fourth-order valence-corrected chi connectivity index (χ4v) is 3.74. The van der Waals surface area contributed by atoms with Crippen molar-refractivity contribution in [2.24, 2.45) is 0 Å². The molecule has 2 atom stereocenters. The molecule has 2 saturated heterocycles. The summed E-state index contributed by atoms with van der Waals surface area (Å²) in [5, 5.41) is 3.39. The van der Waals surface area contributed by atoms with E-state index in [-0.39, 0.29) is 17.5 Å². The highest BCUT2D eigenvalue weighted by atomic mass is 19.1. The minimum absolute atomic E-state index is 0.0608. The van der Waals surface area contributed by atoms with Crippen molar-refractivity contribution in [2.45, 2.75) is 31.0 Å². The molecule has 2 fully saturated rings. The van der Waals surface area contributed by atoms with Gasteiger partial charge >= 0.3 is 0 Å². The Hall–Kier alpha value is -1.85. The molecule has 5 heteroatoms. The van der Waals surface area contributed by atoms with Crippen LogP contribution in [0.15, 0.2) is 47.3 Å². The molecule has 1 aromatic carbocycles. The minimum atomic E-state index is -0.212. The Morgan fingerprint density at radius 3 is 3.13 bits per heavy atom. The lowest BCUT2D eigenvalue weighted by Crippen LogP contribution is -2.33. The first-order valence-electron chi connectivity index (χ1n) is 8.10. The van der Waals surface area contributed by atoms with E-state index >= 15 is 0 Å². The highest BCUT2D eigenvalue weighted by molar-refractivity contribution is 5.44. The third-order valence-corrected chi connectivity index (χ3v) is 4.79. The molecule has 0 saturated carbocycles. The van der Waals surface area contributed by atoms with Gasteiger partial charge in [-0.25, -0.2) is 4.39 Å². The summed E-state index contributed by atoms with van der Waals surface area (Å²) in [5.41, 5.74) is 1.97. The Morgan fingerprint density at radius 2 is 2.30 bits per heavy atom. The summed E-state index contributed by atoms with van der Waals surface area (Å²) < 4.78 is 24.6. The zero-order valence-electron chi connectivity index (χ0n) is 13.0. The topological polar surface area (TPSA) is 37.6 Å². The molecule has 3 heterocycles. The van der Waals surface area contributed by atoms with Gasteiger partial charge < -0.3 is 14.5 Å². The van der Waals surface area contributed by atoms with Crippen LogP contribution in [0.25, 0.3) is 0 Å². The summed E-state index contributed by atoms with van der Waals surface area (Å²) in [6.07, 6.45) is 5.53. The van der Waals surface area contributed by atoms with E-state index in [0.29, 0.717) is 6.61 Å². The third-order valence-electron chi connectivity index (χ3n) is 4.79. The molecular formula is C18H21FN2O2. The maximum absolute atomic E-state index is 13.3. The van der Waals surface area contributed by atoms with Crippen molar-refractivity contribution in [2.75, 3.05) is 25.0 Å². The van der Waals surface area contributed by atoms with Crippen LogP contribution in [0, 0.1) is 5.82 Å². The van der Waals surface area contributed by atoms with Gasteiger partial charge in [-0.15, -0.1) is 0 Å². The summed E-state index contributed by atoms with van der Waals surface area (Å²) >= 11 is 0. The Kier molecular flexibility index (Phi) is 3.83. The lowest BCUT2D eigenvalue weighted by atomic mass is 9.97. The van der Waals surface area contributed by atoms with Gasteiger partial charge in [-0.3, -0.25) is 4.90 Å². The van der Waals surface area contributed by atoms with Crippen LogP contribution in [0.1, 0.15) is 18.4 Å². The van der Waals surface area contributed by atoms with Crippen molar-refractivity contribution in [3.63, 3.8) is 0 Å². The van der Waals surface area contributed by atoms with Crippen LogP contribution in [0.3, 0.4) is 0 Å². The summed E-state index contributed by atoms with van der Waals surface area (Å²) in [7, 11) is 0. The van der Waals surface area contributed by atoms with E-state index in [1.54, 1.807) is 18.6 Å². The average molecular weight is 316 g/mol. The molecule has 2 aliphatic heterocycles. The van der Waals surface area contributed by atoms with Gasteiger partial charge in [-0.1, -0.05) is 6.07 Å². The Labute approximate surface area is 135 Å². The predicted molar refractivity (Wildman–Crippen MR) is 85.7 cm³/mol. The van der Waals surface area contributed by atoms with Gasteiger partial charge in [0.05, 0.1) is 30.8 Å². The molecule has 122 valence electrons. The van der Waals surface area contributed by atoms with Gasteiger partial charge in [0.15, 0.2) is 0 Å². The largest absolute Gasteiger partial charge is 0.472 e. The number of likely N-dealkylation sites (tertiary alicyclic amines) is 1. The van der Waals surface area contributed by atoms with Gasteiger partial charge in [-0.2, -0.15) is 0 Å². The third kappa shape index (κ3) is 3.26. The molecule has 1 aromatic heterocycles. The Morgan fingerprint density at radius 1 is 1.35 bits per heavy atom. The number of benzene rings is 1. The first-order chi connectivity index (χ1) is 11.2. The second kappa shape index (κ2) is 5.98. The second-order valence-electron chi connectivity index (χ2n) is 6.64. The standard InChI is InChI=1S/C18H21FN2O2/c19-15-2-1-3-16(8-15)20-17-9-18(23-12-17)5-6-21(13-18)10-14-4-7-22-11-14/h1-4,7-8,11,17,20H,5-6,9-10,12-13H2/t17-,18-/m1/s1. The van der Waals surface area contributed by atoms with Crippen LogP contribution in [-0.2, 0) is 11.3 Å². The number of anilines is 1. The summed E-state index contributed by atoms with van der Waals surface area (Å²) in [6, 6.07) is 8.87. The van der Waals surface area contributed by atoms with Crippen LogP contribution in [0.2, 0.25) is 0 Å². The molecule has 0 amide bonds. The lowest BCUT2D eigenvalue weighted by Gasteiger charge is -2.23. The smallest absolute Gasteiger partial charge is 0.125 e. The maximum Gasteiger partial charge on any atom is 0.125 e. The summed E-state index contributed by atoms with van der Waals surface area (Å²) in [6.45, 7) is 3.57. The van der Waals surface area contributed by atoms with Gasteiger partial charge in [0, 0.05) is 37.3 Å². The van der Waals surface area contributed by atoms with Crippen LogP contribution in [-0.4, -0.2) is 36.2 Å². The first kappa shape index (κ1) is 14.7. The number of rotatable bonds is 4. The number of hydrogen-bond acceptors (Lipinski definition) is 4. The molecule has 0 aliphatic carbocycles. The van der Waals surface area contributed by atoms with E-state index in [1.165, 1.54) is 17.7 Å². The van der Waals surface area contributed by atoms with E-state index in [0.717, 1.165) is 38.2 Å². The Balaban J connectivity index is 1.34. The van der Waals surface area contributed by atoms with Crippen LogP contribution in [0.5, 0.6) is 0 Å². The second-order valence-corrected chi connectivity index (χ2v) is 6.64. The number of nitrogens with one attached hydrogen (secondary N) is 1. The zero-order chi connectivity index (χ0) is 15.7. The van der Waals surface area contributed by atoms with E-state index in [9.17, 15) is 4.39 Å². The molecule has 0 radical (unpaired) electrons. The molecule has 0 unspecified atom stereocenters. The lowest BCUT2D eigenvalue weighted by molar-refractivity contribution is 0.0120. The van der Waals surface area contributed by atoms with E-state index in [1.807, 2.05) is 12.1 Å². The molecule has 1 N–H and O–H groups in total. The van der Waals surface area contributed by atoms with Gasteiger partial charge in [0.25, 0.3) is 0 Å². The molecule has 23 heavy (non-hydrogen) atoms. The maximum atomic E-state index is 13.3. The van der Waals surface area contributed by atoms with Crippen molar-refractivity contribution >= 4 is 5.69 Å². The van der Waals surface area contributed by atoms with Crippen LogP contribution >= 0.6 is 0 Å². The van der Waals surface area contributed by atoms with Crippen LogP contribution < -0.4 is 5.32 Å². The first-order valence-corrected chi connectivity index (χ1v) is 8.10. The zero-order valence-corrected chi connectivity index (χ0v) is 13.0. The highest BCUT2D eigenvalue weighted by Crippen LogP contribution is 2.36. The number of ether oxygens (including phenoxy) is 1. The molecule has 2 aliphatic rings. The highest BCUT2D eigenvalue weighted by Gasteiger charge is 2.45. The summed E-state index contributed by atoms with van der Waals surface area (Å²) in [5.74, 6) is -0.212. The monoisotopic (exact) mass is 316 g/mol.